The zero-order valence-corrected chi connectivity index (χ0v) is 17.3. The molecule has 0 saturated carbocycles. The number of hydrogen-bond donors (Lipinski definition) is 1. The van der Waals surface area contributed by atoms with Crippen molar-refractivity contribution in [1.29, 1.82) is 0 Å². The van der Waals surface area contributed by atoms with Crippen LogP contribution in [0.1, 0.15) is 27.9 Å². The zero-order chi connectivity index (χ0) is 21.4. The highest BCUT2D eigenvalue weighted by atomic mass is 32.1. The molecular weight excluding hydrogens is 414 g/mol. The van der Waals surface area contributed by atoms with Gasteiger partial charge >= 0.3 is 0 Å². The van der Waals surface area contributed by atoms with Crippen LogP contribution < -0.4 is 0 Å². The third-order valence-electron chi connectivity index (χ3n) is 5.38. The summed E-state index contributed by atoms with van der Waals surface area (Å²) in [5, 5.41) is 13.4. The molecule has 0 spiro atoms. The number of rotatable bonds is 7. The van der Waals surface area contributed by atoms with E-state index in [9.17, 15) is 14.7 Å². The van der Waals surface area contributed by atoms with Crippen molar-refractivity contribution in [2.45, 2.75) is 19.0 Å². The van der Waals surface area contributed by atoms with Gasteiger partial charge in [-0.15, -0.1) is 11.3 Å². The Morgan fingerprint density at radius 2 is 2.06 bits per heavy atom. The number of carbonyl (C=O) groups is 2. The molecule has 1 aromatic carbocycles. The number of carbonyl (C=O) groups excluding carboxylic acids is 2. The zero-order valence-electron chi connectivity index (χ0n) is 16.5. The first-order valence-corrected chi connectivity index (χ1v) is 10.8. The van der Waals surface area contributed by atoms with Gasteiger partial charge in [-0.1, -0.05) is 24.3 Å². The van der Waals surface area contributed by atoms with Crippen LogP contribution in [0.3, 0.4) is 0 Å². The molecule has 1 aliphatic heterocycles. The number of furan rings is 1. The van der Waals surface area contributed by atoms with Crippen LogP contribution in [0, 0.1) is 0 Å². The Hall–Kier alpha value is -3.65. The van der Waals surface area contributed by atoms with Crippen LogP contribution in [-0.4, -0.2) is 37.8 Å². The van der Waals surface area contributed by atoms with E-state index in [0.717, 1.165) is 10.3 Å². The van der Waals surface area contributed by atoms with Crippen LogP contribution in [0.25, 0.3) is 11.0 Å². The second-order valence-corrected chi connectivity index (χ2v) is 8.29. The summed E-state index contributed by atoms with van der Waals surface area (Å²) in [4.78, 5) is 32.7. The van der Waals surface area contributed by atoms with Gasteiger partial charge in [-0.25, -0.2) is 4.98 Å². The van der Waals surface area contributed by atoms with E-state index in [1.165, 1.54) is 11.3 Å². The number of fused-ring (bicyclic) bond motifs is 1. The summed E-state index contributed by atoms with van der Waals surface area (Å²) in [5.74, 6) is -1.41. The van der Waals surface area contributed by atoms with Crippen molar-refractivity contribution in [1.82, 2.24) is 14.5 Å². The van der Waals surface area contributed by atoms with E-state index in [0.29, 0.717) is 25.1 Å². The Kier molecular flexibility index (Phi) is 4.91. The van der Waals surface area contributed by atoms with E-state index in [1.54, 1.807) is 29.6 Å². The van der Waals surface area contributed by atoms with Crippen LogP contribution >= 0.6 is 11.3 Å². The lowest BCUT2D eigenvalue weighted by molar-refractivity contribution is -0.129. The molecule has 4 aromatic rings. The molecule has 1 atom stereocenters. The number of benzene rings is 1. The molecule has 7 nitrogen and oxygen atoms in total. The highest BCUT2D eigenvalue weighted by Gasteiger charge is 2.44. The third kappa shape index (κ3) is 3.44. The van der Waals surface area contributed by atoms with Crippen molar-refractivity contribution in [3.63, 3.8) is 0 Å². The highest BCUT2D eigenvalue weighted by molar-refractivity contribution is 7.10. The molecule has 3 aromatic heterocycles. The number of nitrogens with zero attached hydrogens (tertiary/aromatic N) is 3. The SMILES string of the molecule is O=C(C1=C(O)C(=O)N(CCCn2ccnc2)[C@@H]1c1cccs1)c1cc2ccccc2o1. The summed E-state index contributed by atoms with van der Waals surface area (Å²) in [7, 11) is 0. The second-order valence-electron chi connectivity index (χ2n) is 7.31. The standard InChI is InChI=1S/C23H19N3O4S/c27-21(17-13-15-5-1-2-6-16(15)30-17)19-20(18-7-3-12-31-18)26(23(29)22(19)28)10-4-9-25-11-8-24-14-25/h1-3,5-8,11-14,20,28H,4,9-10H2/t20-/m1/s1. The predicted octanol–water partition coefficient (Wildman–Crippen LogP) is 4.36. The van der Waals surface area contributed by atoms with Gasteiger partial charge < -0.3 is 19.0 Å². The fourth-order valence-corrected chi connectivity index (χ4v) is 4.77. The summed E-state index contributed by atoms with van der Waals surface area (Å²) in [6.45, 7) is 1.06. The molecule has 0 saturated heterocycles. The number of aliphatic hydroxyl groups excluding tert-OH is 1. The number of para-hydroxylation sites is 1. The molecule has 156 valence electrons. The molecular formula is C23H19N3O4S. The van der Waals surface area contributed by atoms with E-state index in [1.807, 2.05) is 46.5 Å². The monoisotopic (exact) mass is 433 g/mol. The van der Waals surface area contributed by atoms with Crippen molar-refractivity contribution in [3.8, 4) is 0 Å². The number of amides is 1. The Morgan fingerprint density at radius 3 is 2.81 bits per heavy atom. The van der Waals surface area contributed by atoms with E-state index in [4.69, 9.17) is 4.42 Å². The molecule has 4 heterocycles. The maximum absolute atomic E-state index is 13.4. The molecule has 0 fully saturated rings. The summed E-state index contributed by atoms with van der Waals surface area (Å²) in [6.07, 6.45) is 5.93. The lowest BCUT2D eigenvalue weighted by Crippen LogP contribution is -2.32. The molecule has 1 N–H and O–H groups in total. The number of hydrogen-bond acceptors (Lipinski definition) is 6. The Morgan fingerprint density at radius 1 is 1.19 bits per heavy atom. The van der Waals surface area contributed by atoms with Crippen molar-refractivity contribution in [3.05, 3.63) is 88.5 Å². The van der Waals surface area contributed by atoms with Crippen LogP contribution in [0.15, 0.2) is 82.3 Å². The molecule has 0 aliphatic carbocycles. The van der Waals surface area contributed by atoms with E-state index < -0.39 is 23.5 Å². The number of aryl methyl sites for hydroxylation is 1. The second kappa shape index (κ2) is 7.88. The number of ketones is 1. The van der Waals surface area contributed by atoms with Crippen molar-refractivity contribution >= 4 is 34.0 Å². The number of imidazole rings is 1. The van der Waals surface area contributed by atoms with Gasteiger partial charge in [-0.2, -0.15) is 0 Å². The van der Waals surface area contributed by atoms with Crippen LogP contribution in [-0.2, 0) is 11.3 Å². The van der Waals surface area contributed by atoms with Gasteiger partial charge in [0.2, 0.25) is 5.78 Å². The van der Waals surface area contributed by atoms with Gasteiger partial charge in [0, 0.05) is 35.7 Å². The maximum Gasteiger partial charge on any atom is 0.290 e. The Labute approximate surface area is 181 Å². The number of Topliss-reactive ketones (excluding diaryl/α,β-unsaturated/α-hetero) is 1. The van der Waals surface area contributed by atoms with Gasteiger partial charge in [0.25, 0.3) is 5.91 Å². The molecule has 0 bridgehead atoms. The number of aliphatic hydroxyl groups is 1. The third-order valence-corrected chi connectivity index (χ3v) is 6.31. The molecule has 8 heteroatoms. The molecule has 1 aliphatic rings. The smallest absolute Gasteiger partial charge is 0.290 e. The largest absolute Gasteiger partial charge is 0.503 e. The van der Waals surface area contributed by atoms with Crippen LogP contribution in [0.2, 0.25) is 0 Å². The number of aromatic nitrogens is 2. The lowest BCUT2D eigenvalue weighted by Gasteiger charge is -2.25. The van der Waals surface area contributed by atoms with Gasteiger partial charge in [-0.05, 0) is 30.0 Å². The Bertz CT molecular complexity index is 1240. The van der Waals surface area contributed by atoms with Crippen LogP contribution in [0.4, 0.5) is 0 Å². The Balaban J connectivity index is 1.47. The summed E-state index contributed by atoms with van der Waals surface area (Å²) >= 11 is 1.44. The molecule has 1 amide bonds. The minimum Gasteiger partial charge on any atom is -0.503 e. The summed E-state index contributed by atoms with van der Waals surface area (Å²) < 4.78 is 7.65. The van der Waals surface area contributed by atoms with Gasteiger partial charge in [-0.3, -0.25) is 9.59 Å². The normalized spacial score (nSPS) is 16.6. The number of thiophene rings is 1. The van der Waals surface area contributed by atoms with E-state index >= 15 is 0 Å². The van der Waals surface area contributed by atoms with E-state index in [2.05, 4.69) is 4.98 Å². The molecule has 5 rings (SSSR count). The van der Waals surface area contributed by atoms with Crippen molar-refractivity contribution < 1.29 is 19.1 Å². The molecule has 31 heavy (non-hydrogen) atoms. The minimum absolute atomic E-state index is 0.0640. The summed E-state index contributed by atoms with van der Waals surface area (Å²) in [6, 6.07) is 12.1. The average Bonchev–Trinajstić information content (AvgIpc) is 3.57. The molecule has 0 unspecified atom stereocenters. The van der Waals surface area contributed by atoms with Crippen LogP contribution in [0.5, 0.6) is 0 Å². The first kappa shape index (κ1) is 19.3. The minimum atomic E-state index is -0.643. The fraction of sp³-hybridized carbons (Fsp3) is 0.174. The van der Waals surface area contributed by atoms with Crippen molar-refractivity contribution in [2.75, 3.05) is 6.54 Å². The van der Waals surface area contributed by atoms with Gasteiger partial charge in [0.05, 0.1) is 17.9 Å². The fourth-order valence-electron chi connectivity index (χ4n) is 3.93. The van der Waals surface area contributed by atoms with E-state index in [-0.39, 0.29) is 11.3 Å². The lowest BCUT2D eigenvalue weighted by atomic mass is 10.00. The van der Waals surface area contributed by atoms with Crippen molar-refractivity contribution in [2.24, 2.45) is 0 Å². The predicted molar refractivity (Wildman–Crippen MR) is 116 cm³/mol. The van der Waals surface area contributed by atoms with Gasteiger partial charge in [0.15, 0.2) is 11.5 Å². The first-order valence-electron chi connectivity index (χ1n) is 9.90. The molecule has 0 radical (unpaired) electrons. The highest BCUT2D eigenvalue weighted by Crippen LogP contribution is 2.41. The van der Waals surface area contributed by atoms with Gasteiger partial charge in [0.1, 0.15) is 5.58 Å². The average molecular weight is 433 g/mol. The summed E-state index contributed by atoms with van der Waals surface area (Å²) in [5.41, 5.74) is 0.647. The quantitative estimate of drug-likeness (QED) is 0.438. The maximum atomic E-state index is 13.4. The first-order chi connectivity index (χ1) is 15.1. The topological polar surface area (TPSA) is 88.6 Å².